The summed E-state index contributed by atoms with van der Waals surface area (Å²) in [4.78, 5) is 12.8. The second kappa shape index (κ2) is 5.99. The molecule has 1 aliphatic heterocycles. The maximum absolute atomic E-state index is 11.7. The van der Waals surface area contributed by atoms with Gasteiger partial charge in [-0.15, -0.1) is 0 Å². The van der Waals surface area contributed by atoms with Crippen molar-refractivity contribution >= 4 is 15.8 Å². The maximum atomic E-state index is 11.7. The molecular weight excluding hydrogens is 282 g/mol. The summed E-state index contributed by atoms with van der Waals surface area (Å²) in [6.45, 7) is 0.711. The fourth-order valence-corrected chi connectivity index (χ4v) is 4.86. The van der Waals surface area contributed by atoms with E-state index in [0.717, 1.165) is 32.1 Å². The minimum Gasteiger partial charge on any atom is -0.481 e. The molecule has 1 saturated carbocycles. The van der Waals surface area contributed by atoms with Crippen molar-refractivity contribution < 1.29 is 23.4 Å². The molecule has 1 saturated heterocycles. The van der Waals surface area contributed by atoms with E-state index < -0.39 is 27.4 Å². The Bertz CT molecular complexity index is 455. The van der Waals surface area contributed by atoms with Crippen LogP contribution in [0.2, 0.25) is 0 Å². The number of rotatable bonds is 4. The van der Waals surface area contributed by atoms with Crippen molar-refractivity contribution in [3.8, 4) is 0 Å². The molecule has 116 valence electrons. The van der Waals surface area contributed by atoms with Crippen molar-refractivity contribution in [1.82, 2.24) is 4.90 Å². The number of sulfone groups is 1. The number of β-amino-alcohol motifs (C(OH)–C–C–N with tert-alkyl or cyclic N) is 1. The van der Waals surface area contributed by atoms with Gasteiger partial charge in [-0.3, -0.25) is 9.69 Å². The zero-order valence-corrected chi connectivity index (χ0v) is 12.4. The van der Waals surface area contributed by atoms with E-state index >= 15 is 0 Å². The molecule has 0 bridgehead atoms. The average Bonchev–Trinajstić information content (AvgIpc) is 2.32. The monoisotopic (exact) mass is 305 g/mol. The Hall–Kier alpha value is -0.660. The first-order chi connectivity index (χ1) is 9.30. The lowest BCUT2D eigenvalue weighted by molar-refractivity contribution is -0.138. The van der Waals surface area contributed by atoms with Crippen molar-refractivity contribution in [2.45, 2.75) is 50.2 Å². The van der Waals surface area contributed by atoms with Gasteiger partial charge >= 0.3 is 5.97 Å². The molecule has 0 spiro atoms. The van der Waals surface area contributed by atoms with Crippen molar-refractivity contribution in [3.63, 3.8) is 0 Å². The molecule has 1 aliphatic carbocycles. The summed E-state index contributed by atoms with van der Waals surface area (Å²) in [5.74, 6) is -1.05. The Morgan fingerprint density at radius 3 is 2.50 bits per heavy atom. The Labute approximate surface area is 119 Å². The molecule has 0 amide bonds. The smallest absolute Gasteiger partial charge is 0.304 e. The molecule has 6 nitrogen and oxygen atoms in total. The molecule has 0 aromatic heterocycles. The van der Waals surface area contributed by atoms with Crippen molar-refractivity contribution in [2.24, 2.45) is 0 Å². The van der Waals surface area contributed by atoms with E-state index in [0.29, 0.717) is 13.1 Å². The minimum absolute atomic E-state index is 0.0548. The lowest BCUT2D eigenvalue weighted by Gasteiger charge is -2.42. The van der Waals surface area contributed by atoms with E-state index in [9.17, 15) is 18.3 Å². The van der Waals surface area contributed by atoms with Gasteiger partial charge in [-0.2, -0.15) is 0 Å². The lowest BCUT2D eigenvalue weighted by atomic mass is 9.84. The second-order valence-electron chi connectivity index (χ2n) is 6.12. The van der Waals surface area contributed by atoms with Gasteiger partial charge in [-0.25, -0.2) is 8.42 Å². The predicted molar refractivity (Wildman–Crippen MR) is 74.3 cm³/mol. The highest BCUT2D eigenvalue weighted by Gasteiger charge is 2.38. The summed E-state index contributed by atoms with van der Waals surface area (Å²) in [7, 11) is -3.16. The normalized spacial score (nSPS) is 29.9. The largest absolute Gasteiger partial charge is 0.481 e. The molecule has 0 aromatic rings. The Morgan fingerprint density at radius 1 is 1.25 bits per heavy atom. The van der Waals surface area contributed by atoms with Crippen LogP contribution in [0.1, 0.15) is 38.5 Å². The molecule has 2 rings (SSSR count). The maximum Gasteiger partial charge on any atom is 0.304 e. The molecule has 0 aromatic carbocycles. The van der Waals surface area contributed by atoms with Gasteiger partial charge in [0.1, 0.15) is 0 Å². The number of hydrogen-bond acceptors (Lipinski definition) is 5. The molecule has 1 heterocycles. The Balaban J connectivity index is 2.05. The second-order valence-corrected chi connectivity index (χ2v) is 8.35. The highest BCUT2D eigenvalue weighted by atomic mass is 32.2. The van der Waals surface area contributed by atoms with E-state index in [-0.39, 0.29) is 17.9 Å². The van der Waals surface area contributed by atoms with Crippen LogP contribution in [0.5, 0.6) is 0 Å². The first-order valence-electron chi connectivity index (χ1n) is 7.18. The highest BCUT2D eigenvalue weighted by molar-refractivity contribution is 7.91. The van der Waals surface area contributed by atoms with Crippen LogP contribution in [0.4, 0.5) is 0 Å². The predicted octanol–water partition coefficient (Wildman–Crippen LogP) is 0.255. The number of carboxylic acids is 1. The third-order valence-electron chi connectivity index (χ3n) is 4.34. The van der Waals surface area contributed by atoms with Crippen LogP contribution < -0.4 is 0 Å². The lowest BCUT2D eigenvalue weighted by Crippen LogP contribution is -2.55. The first-order valence-corrected chi connectivity index (χ1v) is 9.00. The number of aliphatic hydroxyl groups is 1. The molecule has 1 unspecified atom stereocenters. The van der Waals surface area contributed by atoms with E-state index in [1.165, 1.54) is 0 Å². The average molecular weight is 305 g/mol. The van der Waals surface area contributed by atoms with Gasteiger partial charge < -0.3 is 10.2 Å². The zero-order chi connectivity index (χ0) is 14.8. The van der Waals surface area contributed by atoms with Crippen LogP contribution in [0.25, 0.3) is 0 Å². The number of aliphatic carboxylic acids is 1. The zero-order valence-electron chi connectivity index (χ0n) is 11.6. The molecule has 2 N–H and O–H groups in total. The van der Waals surface area contributed by atoms with Crippen LogP contribution in [-0.4, -0.2) is 65.7 Å². The molecule has 1 atom stereocenters. The quantitative estimate of drug-likeness (QED) is 0.773. The Kier molecular flexibility index (Phi) is 4.71. The van der Waals surface area contributed by atoms with Gasteiger partial charge in [0.25, 0.3) is 0 Å². The van der Waals surface area contributed by atoms with E-state index in [1.807, 2.05) is 4.90 Å². The highest BCUT2D eigenvalue weighted by Crippen LogP contribution is 2.30. The first kappa shape index (κ1) is 15.7. The molecule has 0 radical (unpaired) electrons. The SMILES string of the molecule is O=C(O)CC1CS(=O)(=O)CCN1CC1(O)CCCCC1. The molecule has 2 fully saturated rings. The van der Waals surface area contributed by atoms with E-state index in [1.54, 1.807) is 0 Å². The van der Waals surface area contributed by atoms with E-state index in [4.69, 9.17) is 5.11 Å². The molecule has 20 heavy (non-hydrogen) atoms. The summed E-state index contributed by atoms with van der Waals surface area (Å²) in [6.07, 6.45) is 4.33. The summed E-state index contributed by atoms with van der Waals surface area (Å²) in [6, 6.07) is -0.516. The topological polar surface area (TPSA) is 94.9 Å². The summed E-state index contributed by atoms with van der Waals surface area (Å²) >= 11 is 0. The van der Waals surface area contributed by atoms with Crippen LogP contribution >= 0.6 is 0 Å². The Morgan fingerprint density at radius 2 is 1.90 bits per heavy atom. The van der Waals surface area contributed by atoms with Crippen LogP contribution in [0, 0.1) is 0 Å². The molecular formula is C13H23NO5S. The third kappa shape index (κ3) is 4.17. The fraction of sp³-hybridized carbons (Fsp3) is 0.923. The van der Waals surface area contributed by atoms with Gasteiger partial charge in [-0.05, 0) is 12.8 Å². The summed E-state index contributed by atoms with van der Waals surface area (Å²) in [5.41, 5.74) is -0.782. The fourth-order valence-electron chi connectivity index (χ4n) is 3.26. The number of carboxylic acid groups (broad SMARTS) is 1. The van der Waals surface area contributed by atoms with Crippen LogP contribution in [0.3, 0.4) is 0 Å². The number of nitrogens with zero attached hydrogens (tertiary/aromatic N) is 1. The molecule has 2 aliphatic rings. The number of hydrogen-bond donors (Lipinski definition) is 2. The molecule has 7 heteroatoms. The summed E-state index contributed by atoms with van der Waals surface area (Å²) in [5, 5.41) is 19.5. The van der Waals surface area contributed by atoms with Crippen LogP contribution in [0.15, 0.2) is 0 Å². The van der Waals surface area contributed by atoms with Gasteiger partial charge in [0.05, 0.1) is 23.5 Å². The summed E-state index contributed by atoms with van der Waals surface area (Å²) < 4.78 is 23.4. The minimum atomic E-state index is -3.16. The van der Waals surface area contributed by atoms with Gasteiger partial charge in [0, 0.05) is 19.1 Å². The van der Waals surface area contributed by atoms with E-state index in [2.05, 4.69) is 0 Å². The van der Waals surface area contributed by atoms with Crippen molar-refractivity contribution in [2.75, 3.05) is 24.6 Å². The third-order valence-corrected chi connectivity index (χ3v) is 6.04. The van der Waals surface area contributed by atoms with Gasteiger partial charge in [0.15, 0.2) is 9.84 Å². The van der Waals surface area contributed by atoms with Gasteiger partial charge in [0.2, 0.25) is 0 Å². The van der Waals surface area contributed by atoms with Crippen molar-refractivity contribution in [1.29, 1.82) is 0 Å². The number of carbonyl (C=O) groups is 1. The van der Waals surface area contributed by atoms with Gasteiger partial charge in [-0.1, -0.05) is 19.3 Å². The van der Waals surface area contributed by atoms with Crippen LogP contribution in [-0.2, 0) is 14.6 Å². The van der Waals surface area contributed by atoms with Crippen molar-refractivity contribution in [3.05, 3.63) is 0 Å². The standard InChI is InChI=1S/C13H23NO5S/c15-12(16)8-11-9-20(18,19)7-6-14(11)10-13(17)4-2-1-3-5-13/h11,17H,1-10H2,(H,15,16).